The van der Waals surface area contributed by atoms with Gasteiger partial charge in [0.2, 0.25) is 0 Å². The van der Waals surface area contributed by atoms with Crippen LogP contribution in [-0.4, -0.2) is 39.7 Å². The Bertz CT molecular complexity index is 1670. The highest BCUT2D eigenvalue weighted by Crippen LogP contribution is 2.32. The summed E-state index contributed by atoms with van der Waals surface area (Å²) >= 11 is 6.09. The molecule has 0 aliphatic rings. The quantitative estimate of drug-likeness (QED) is 0.154. The minimum atomic E-state index is -0.222. The number of fused-ring (bicyclic) bond motifs is 1. The molecule has 4 aromatic carbocycles. The lowest BCUT2D eigenvalue weighted by Gasteiger charge is -2.17. The number of nitrogens with one attached hydrogen (secondary N) is 2. The molecular formula is C34H33ClN4O2. The van der Waals surface area contributed by atoms with Crippen LogP contribution in [0, 0.1) is 0 Å². The monoisotopic (exact) mass is 564 g/mol. The zero-order chi connectivity index (χ0) is 28.8. The van der Waals surface area contributed by atoms with E-state index in [1.165, 1.54) is 5.56 Å². The molecule has 0 aliphatic carbocycles. The number of hydrogen-bond acceptors (Lipinski definition) is 4. The van der Waals surface area contributed by atoms with Gasteiger partial charge < -0.3 is 15.4 Å². The summed E-state index contributed by atoms with van der Waals surface area (Å²) in [6.45, 7) is 7.55. The van der Waals surface area contributed by atoms with Crippen LogP contribution in [0.5, 0.6) is 5.88 Å². The number of amides is 1. The second-order valence-corrected chi connectivity index (χ2v) is 10.3. The number of hydrogen-bond donors (Lipinski definition) is 3. The van der Waals surface area contributed by atoms with Gasteiger partial charge in [0.15, 0.2) is 5.88 Å². The van der Waals surface area contributed by atoms with E-state index in [4.69, 9.17) is 16.6 Å². The number of aliphatic imine (C=N–C) groups is 1. The maximum atomic E-state index is 13.1. The zero-order valence-electron chi connectivity index (χ0n) is 23.2. The molecule has 0 saturated carbocycles. The topological polar surface area (TPSA) is 80.7 Å². The zero-order valence-corrected chi connectivity index (χ0v) is 23.9. The van der Waals surface area contributed by atoms with Crippen LogP contribution in [0.2, 0.25) is 5.02 Å². The summed E-state index contributed by atoms with van der Waals surface area (Å²) < 4.78 is 0. The van der Waals surface area contributed by atoms with E-state index in [2.05, 4.69) is 41.2 Å². The molecule has 0 saturated heterocycles. The number of carbonyl (C=O) groups is 1. The maximum absolute atomic E-state index is 13.1. The number of aromatic nitrogens is 1. The average molecular weight is 565 g/mol. The molecular weight excluding hydrogens is 532 g/mol. The van der Waals surface area contributed by atoms with Crippen LogP contribution in [0.15, 0.2) is 102 Å². The fourth-order valence-electron chi connectivity index (χ4n) is 4.86. The Labute approximate surface area is 245 Å². The number of rotatable bonds is 10. The van der Waals surface area contributed by atoms with Crippen LogP contribution in [-0.2, 0) is 13.1 Å². The Balaban J connectivity index is 1.50. The molecule has 0 radical (unpaired) electrons. The normalized spacial score (nSPS) is 11.8. The van der Waals surface area contributed by atoms with Crippen molar-refractivity contribution in [3.05, 3.63) is 130 Å². The molecule has 0 unspecified atom stereocenters. The maximum Gasteiger partial charge on any atom is 0.251 e. The minimum absolute atomic E-state index is 0.00255. The number of aromatic amines is 1. The molecule has 1 heterocycles. The van der Waals surface area contributed by atoms with E-state index in [0.717, 1.165) is 36.4 Å². The van der Waals surface area contributed by atoms with Crippen molar-refractivity contribution in [2.75, 3.05) is 13.1 Å². The van der Waals surface area contributed by atoms with Gasteiger partial charge in [-0.25, -0.2) is 4.99 Å². The minimum Gasteiger partial charge on any atom is -0.494 e. The number of H-pyrrole nitrogens is 1. The molecule has 5 aromatic rings. The molecule has 6 nitrogen and oxygen atoms in total. The van der Waals surface area contributed by atoms with Crippen molar-refractivity contribution in [2.24, 2.45) is 4.99 Å². The Morgan fingerprint density at radius 2 is 1.63 bits per heavy atom. The fraction of sp³-hybridized carbons (Fsp3) is 0.176. The van der Waals surface area contributed by atoms with Crippen LogP contribution < -0.4 is 5.32 Å². The average Bonchev–Trinajstić information content (AvgIpc) is 3.33. The Morgan fingerprint density at radius 3 is 2.34 bits per heavy atom. The molecule has 1 amide bonds. The molecule has 1 aromatic heterocycles. The van der Waals surface area contributed by atoms with E-state index in [0.29, 0.717) is 39.3 Å². The van der Waals surface area contributed by atoms with Gasteiger partial charge in [-0.05, 0) is 66.7 Å². The highest BCUT2D eigenvalue weighted by Gasteiger charge is 2.20. The summed E-state index contributed by atoms with van der Waals surface area (Å²) in [5.41, 5.74) is 6.11. The second kappa shape index (κ2) is 12.9. The lowest BCUT2D eigenvalue weighted by molar-refractivity contribution is 0.0951. The van der Waals surface area contributed by atoms with Crippen molar-refractivity contribution in [1.29, 1.82) is 0 Å². The molecule has 0 spiro atoms. The van der Waals surface area contributed by atoms with Crippen LogP contribution in [0.3, 0.4) is 0 Å². The van der Waals surface area contributed by atoms with Crippen LogP contribution in [0.25, 0.3) is 10.9 Å². The van der Waals surface area contributed by atoms with E-state index in [1.54, 1.807) is 24.3 Å². The molecule has 208 valence electrons. The fourth-order valence-corrected chi connectivity index (χ4v) is 5.07. The van der Waals surface area contributed by atoms with Crippen LogP contribution in [0.1, 0.15) is 46.5 Å². The van der Waals surface area contributed by atoms with Gasteiger partial charge in [0.05, 0.1) is 17.0 Å². The SMILES string of the molecule is CCN(CC)Cc1ccc(N=C(c2ccccc2)c2c(O)[nH]c3ccc(C(=O)NCc4cccc(Cl)c4)cc23)cc1. The second-order valence-electron chi connectivity index (χ2n) is 9.88. The smallest absolute Gasteiger partial charge is 0.251 e. The Morgan fingerprint density at radius 1 is 0.878 bits per heavy atom. The molecule has 3 N–H and O–H groups in total. The lowest BCUT2D eigenvalue weighted by Crippen LogP contribution is -2.22. The Kier molecular flexibility index (Phi) is 8.82. The standard InChI is InChI=1S/C34H33ClN4O2/c1-3-39(4-2)22-23-13-16-28(17-14-23)37-32(25-10-6-5-7-11-25)31-29-20-26(15-18-30(29)38-34(31)41)33(40)36-21-24-9-8-12-27(35)19-24/h5-20,38,41H,3-4,21-22H2,1-2H3,(H,36,40). The van der Waals surface area contributed by atoms with Gasteiger partial charge in [0.1, 0.15) is 0 Å². The van der Waals surface area contributed by atoms with Gasteiger partial charge in [0.25, 0.3) is 5.91 Å². The lowest BCUT2D eigenvalue weighted by atomic mass is 9.99. The van der Waals surface area contributed by atoms with Crippen LogP contribution in [0.4, 0.5) is 5.69 Å². The third-order valence-electron chi connectivity index (χ3n) is 7.14. The van der Waals surface area contributed by atoms with Gasteiger partial charge in [-0.15, -0.1) is 0 Å². The highest BCUT2D eigenvalue weighted by molar-refractivity contribution is 6.30. The number of halogens is 1. The number of carbonyl (C=O) groups excluding carboxylic acids is 1. The number of aromatic hydroxyl groups is 1. The molecule has 0 aliphatic heterocycles. The van der Waals surface area contributed by atoms with Crippen LogP contribution >= 0.6 is 11.6 Å². The van der Waals surface area contributed by atoms with Crippen molar-refractivity contribution < 1.29 is 9.90 Å². The van der Waals surface area contributed by atoms with E-state index in [-0.39, 0.29) is 11.8 Å². The largest absolute Gasteiger partial charge is 0.494 e. The summed E-state index contributed by atoms with van der Waals surface area (Å²) in [6, 6.07) is 30.7. The first-order valence-electron chi connectivity index (χ1n) is 13.8. The third-order valence-corrected chi connectivity index (χ3v) is 7.38. The summed E-state index contributed by atoms with van der Waals surface area (Å²) in [6.07, 6.45) is 0. The number of benzene rings is 4. The van der Waals surface area contributed by atoms with Gasteiger partial charge >= 0.3 is 0 Å². The molecule has 0 atom stereocenters. The first-order valence-corrected chi connectivity index (χ1v) is 14.2. The molecule has 0 fully saturated rings. The van der Waals surface area contributed by atoms with Gasteiger partial charge in [0, 0.05) is 40.1 Å². The summed E-state index contributed by atoms with van der Waals surface area (Å²) in [7, 11) is 0. The summed E-state index contributed by atoms with van der Waals surface area (Å²) in [5, 5.41) is 15.4. The van der Waals surface area contributed by atoms with E-state index >= 15 is 0 Å². The van der Waals surface area contributed by atoms with Crippen molar-refractivity contribution >= 4 is 39.8 Å². The summed E-state index contributed by atoms with van der Waals surface area (Å²) in [4.78, 5) is 23.5. The van der Waals surface area contributed by atoms with Gasteiger partial charge in [-0.1, -0.05) is 80.0 Å². The van der Waals surface area contributed by atoms with Crippen molar-refractivity contribution in [3.63, 3.8) is 0 Å². The van der Waals surface area contributed by atoms with Crippen molar-refractivity contribution in [3.8, 4) is 5.88 Å². The highest BCUT2D eigenvalue weighted by atomic mass is 35.5. The van der Waals surface area contributed by atoms with Gasteiger partial charge in [-0.2, -0.15) is 0 Å². The van der Waals surface area contributed by atoms with E-state index in [1.807, 2.05) is 60.7 Å². The van der Waals surface area contributed by atoms with Crippen molar-refractivity contribution in [1.82, 2.24) is 15.2 Å². The molecule has 7 heteroatoms. The summed E-state index contributed by atoms with van der Waals surface area (Å²) in [5.74, 6) is -0.224. The Hall–Kier alpha value is -4.39. The first kappa shape index (κ1) is 28.1. The van der Waals surface area contributed by atoms with Gasteiger partial charge in [-0.3, -0.25) is 9.69 Å². The third kappa shape index (κ3) is 6.68. The van der Waals surface area contributed by atoms with E-state index < -0.39 is 0 Å². The molecule has 41 heavy (non-hydrogen) atoms. The molecule has 0 bridgehead atoms. The number of nitrogens with zero attached hydrogens (tertiary/aromatic N) is 2. The van der Waals surface area contributed by atoms with Crippen molar-refractivity contribution in [2.45, 2.75) is 26.9 Å². The molecule has 5 rings (SSSR count). The predicted octanol–water partition coefficient (Wildman–Crippen LogP) is 7.47. The first-order chi connectivity index (χ1) is 19.9. The predicted molar refractivity (Wildman–Crippen MR) is 167 cm³/mol. The van der Waals surface area contributed by atoms with E-state index in [9.17, 15) is 9.90 Å².